The van der Waals surface area contributed by atoms with E-state index in [0.717, 1.165) is 23.1 Å². The summed E-state index contributed by atoms with van der Waals surface area (Å²) in [7, 11) is 0. The lowest BCUT2D eigenvalue weighted by Crippen LogP contribution is -2.39. The monoisotopic (exact) mass is 379 g/mol. The van der Waals surface area contributed by atoms with E-state index in [1.165, 1.54) is 0 Å². The number of carbonyl (C=O) groups is 1. The number of ether oxygens (including phenoxy) is 1. The molecule has 0 atom stereocenters. The molecule has 1 aliphatic heterocycles. The molecule has 1 saturated heterocycles. The van der Waals surface area contributed by atoms with Crippen molar-refractivity contribution in [3.8, 4) is 6.07 Å². The van der Waals surface area contributed by atoms with Gasteiger partial charge >= 0.3 is 6.09 Å². The number of nitriles is 1. The predicted octanol–water partition coefficient (Wildman–Crippen LogP) is 3.77. The minimum atomic E-state index is -0.485. The van der Waals surface area contributed by atoms with Gasteiger partial charge < -0.3 is 14.5 Å². The van der Waals surface area contributed by atoms with E-state index in [-0.39, 0.29) is 6.09 Å². The molecule has 1 fully saturated rings. The number of hydrogen-bond acceptors (Lipinski definition) is 4. The third-order valence-corrected chi connectivity index (χ3v) is 4.25. The first-order chi connectivity index (χ1) is 10.8. The molecule has 1 heterocycles. The largest absolute Gasteiger partial charge is 0.444 e. The van der Waals surface area contributed by atoms with Crippen molar-refractivity contribution in [3.05, 3.63) is 28.2 Å². The molecule has 0 aliphatic carbocycles. The van der Waals surface area contributed by atoms with Crippen LogP contribution >= 0.6 is 15.9 Å². The van der Waals surface area contributed by atoms with Crippen LogP contribution in [0.1, 0.15) is 32.8 Å². The van der Waals surface area contributed by atoms with Gasteiger partial charge in [0, 0.05) is 30.7 Å². The van der Waals surface area contributed by atoms with Crippen LogP contribution in [-0.4, -0.2) is 42.8 Å². The fraction of sp³-hybridized carbons (Fsp3) is 0.529. The molecule has 5 nitrogen and oxygen atoms in total. The summed E-state index contributed by atoms with van der Waals surface area (Å²) in [5, 5.41) is 9.38. The van der Waals surface area contributed by atoms with E-state index >= 15 is 0 Å². The summed E-state index contributed by atoms with van der Waals surface area (Å²) in [5.74, 6) is 0. The normalized spacial score (nSPS) is 15.8. The number of benzene rings is 1. The van der Waals surface area contributed by atoms with Gasteiger partial charge in [0.05, 0.1) is 11.3 Å². The van der Waals surface area contributed by atoms with Crippen molar-refractivity contribution in [1.82, 2.24) is 4.90 Å². The quantitative estimate of drug-likeness (QED) is 0.744. The van der Waals surface area contributed by atoms with Crippen molar-refractivity contribution in [2.24, 2.45) is 0 Å². The van der Waals surface area contributed by atoms with E-state index in [9.17, 15) is 10.1 Å². The highest BCUT2D eigenvalue weighted by Gasteiger charge is 2.25. The maximum absolute atomic E-state index is 12.2. The van der Waals surface area contributed by atoms with E-state index in [2.05, 4.69) is 26.9 Å². The van der Waals surface area contributed by atoms with Crippen molar-refractivity contribution in [1.29, 1.82) is 5.26 Å². The van der Waals surface area contributed by atoms with Gasteiger partial charge in [0.1, 0.15) is 11.7 Å². The van der Waals surface area contributed by atoms with Crippen LogP contribution in [0.4, 0.5) is 10.5 Å². The van der Waals surface area contributed by atoms with Gasteiger partial charge in [0.25, 0.3) is 0 Å². The molecule has 0 radical (unpaired) electrons. The number of hydrogen-bond donors (Lipinski definition) is 0. The first kappa shape index (κ1) is 17.6. The first-order valence-corrected chi connectivity index (χ1v) is 8.52. The van der Waals surface area contributed by atoms with Crippen molar-refractivity contribution in [2.75, 3.05) is 31.1 Å². The van der Waals surface area contributed by atoms with Crippen LogP contribution in [0.2, 0.25) is 0 Å². The van der Waals surface area contributed by atoms with Crippen LogP contribution in [0.3, 0.4) is 0 Å². The van der Waals surface area contributed by atoms with Crippen LogP contribution in [0.15, 0.2) is 22.7 Å². The van der Waals surface area contributed by atoms with E-state index < -0.39 is 5.60 Å². The Kier molecular flexibility index (Phi) is 5.53. The minimum Gasteiger partial charge on any atom is -0.444 e. The zero-order chi connectivity index (χ0) is 17.0. The second-order valence-electron chi connectivity index (χ2n) is 6.55. The fourth-order valence-corrected chi connectivity index (χ4v) is 3.00. The lowest BCUT2D eigenvalue weighted by molar-refractivity contribution is 0.0263. The smallest absolute Gasteiger partial charge is 0.410 e. The molecule has 0 saturated carbocycles. The molecule has 23 heavy (non-hydrogen) atoms. The van der Waals surface area contributed by atoms with Crippen molar-refractivity contribution in [3.63, 3.8) is 0 Å². The highest BCUT2D eigenvalue weighted by molar-refractivity contribution is 9.10. The molecule has 1 aromatic rings. The topological polar surface area (TPSA) is 56.6 Å². The average Bonchev–Trinajstić information content (AvgIpc) is 2.71. The number of nitrogens with zero attached hydrogens (tertiary/aromatic N) is 3. The predicted molar refractivity (Wildman–Crippen MR) is 93.5 cm³/mol. The SMILES string of the molecule is CC(C)(C)OC(=O)N1CCCN(c2cccc(Br)c2C#N)CC1. The Labute approximate surface area is 145 Å². The summed E-state index contributed by atoms with van der Waals surface area (Å²) >= 11 is 3.43. The fourth-order valence-electron chi connectivity index (χ4n) is 2.55. The maximum atomic E-state index is 12.2. The van der Waals surface area contributed by atoms with Gasteiger partial charge in [-0.15, -0.1) is 0 Å². The maximum Gasteiger partial charge on any atom is 0.410 e. The number of anilines is 1. The summed E-state index contributed by atoms with van der Waals surface area (Å²) in [6.07, 6.45) is 0.575. The summed E-state index contributed by atoms with van der Waals surface area (Å²) < 4.78 is 6.24. The lowest BCUT2D eigenvalue weighted by atomic mass is 10.1. The number of rotatable bonds is 1. The Bertz CT molecular complexity index is 619. The van der Waals surface area contributed by atoms with Gasteiger partial charge in [0.15, 0.2) is 0 Å². The summed E-state index contributed by atoms with van der Waals surface area (Å²) in [6, 6.07) is 8.00. The third kappa shape index (κ3) is 4.61. The molecule has 0 spiro atoms. The summed E-state index contributed by atoms with van der Waals surface area (Å²) in [6.45, 7) is 8.36. The third-order valence-electron chi connectivity index (χ3n) is 3.59. The standard InChI is InChI=1S/C17H22BrN3O2/c1-17(2,3)23-16(22)21-9-5-8-20(10-11-21)15-7-4-6-14(18)13(15)12-19/h4,6-7H,5,8-11H2,1-3H3. The molecule has 0 N–H and O–H groups in total. The highest BCUT2D eigenvalue weighted by atomic mass is 79.9. The Hall–Kier alpha value is -1.74. The zero-order valence-corrected chi connectivity index (χ0v) is 15.4. The number of amides is 1. The number of carbonyl (C=O) groups excluding carboxylic acids is 1. The Morgan fingerprint density at radius 2 is 2.00 bits per heavy atom. The van der Waals surface area contributed by atoms with Crippen LogP contribution in [0.25, 0.3) is 0 Å². The van der Waals surface area contributed by atoms with Gasteiger partial charge in [-0.05, 0) is 55.3 Å². The van der Waals surface area contributed by atoms with Crippen LogP contribution in [0.5, 0.6) is 0 Å². The van der Waals surface area contributed by atoms with Crippen LogP contribution < -0.4 is 4.90 Å². The molecule has 0 aromatic heterocycles. The molecule has 1 aliphatic rings. The number of halogens is 1. The Morgan fingerprint density at radius 1 is 1.26 bits per heavy atom. The van der Waals surface area contributed by atoms with Gasteiger partial charge in [-0.2, -0.15) is 5.26 Å². The van der Waals surface area contributed by atoms with E-state index in [1.54, 1.807) is 4.90 Å². The first-order valence-electron chi connectivity index (χ1n) is 7.73. The summed E-state index contributed by atoms with van der Waals surface area (Å²) in [5.41, 5.74) is 1.06. The zero-order valence-electron chi connectivity index (χ0n) is 13.8. The molecule has 0 unspecified atom stereocenters. The van der Waals surface area contributed by atoms with E-state index in [1.807, 2.05) is 39.0 Å². The second kappa shape index (κ2) is 7.22. The van der Waals surface area contributed by atoms with Gasteiger partial charge in [-0.1, -0.05) is 6.07 Å². The van der Waals surface area contributed by atoms with Gasteiger partial charge in [-0.3, -0.25) is 0 Å². The Balaban J connectivity index is 2.09. The van der Waals surface area contributed by atoms with Crippen molar-refractivity contribution >= 4 is 27.7 Å². The molecule has 6 heteroatoms. The van der Waals surface area contributed by atoms with Crippen LogP contribution in [0, 0.1) is 11.3 Å². The molecular weight excluding hydrogens is 358 g/mol. The van der Waals surface area contributed by atoms with Crippen molar-refractivity contribution in [2.45, 2.75) is 32.8 Å². The van der Waals surface area contributed by atoms with Gasteiger partial charge in [-0.25, -0.2) is 4.79 Å². The molecule has 1 aromatic carbocycles. The Morgan fingerprint density at radius 3 is 2.65 bits per heavy atom. The van der Waals surface area contributed by atoms with Crippen molar-refractivity contribution < 1.29 is 9.53 Å². The molecule has 0 bridgehead atoms. The van der Waals surface area contributed by atoms with Crippen LogP contribution in [-0.2, 0) is 4.74 Å². The summed E-state index contributed by atoms with van der Waals surface area (Å²) in [4.78, 5) is 16.1. The molecule has 124 valence electrons. The van der Waals surface area contributed by atoms with Gasteiger partial charge in [0.2, 0.25) is 0 Å². The lowest BCUT2D eigenvalue weighted by Gasteiger charge is -2.27. The van der Waals surface area contributed by atoms with E-state index in [4.69, 9.17) is 4.74 Å². The molecule has 1 amide bonds. The van der Waals surface area contributed by atoms with E-state index in [0.29, 0.717) is 25.2 Å². The minimum absolute atomic E-state index is 0.269. The average molecular weight is 380 g/mol. The second-order valence-corrected chi connectivity index (χ2v) is 7.41. The molecular formula is C17H22BrN3O2. The highest BCUT2D eigenvalue weighted by Crippen LogP contribution is 2.28. The molecule has 2 rings (SSSR count).